The highest BCUT2D eigenvalue weighted by Crippen LogP contribution is 2.16. The molecule has 1 unspecified atom stereocenters. The van der Waals surface area contributed by atoms with E-state index in [2.05, 4.69) is 22.6 Å². The van der Waals surface area contributed by atoms with Crippen molar-refractivity contribution >= 4 is 11.7 Å². The summed E-state index contributed by atoms with van der Waals surface area (Å²) in [5.41, 5.74) is 6.87. The summed E-state index contributed by atoms with van der Waals surface area (Å²) in [6.07, 6.45) is 5.20. The van der Waals surface area contributed by atoms with Gasteiger partial charge in [0.2, 0.25) is 0 Å². The Balaban J connectivity index is 2.22. The molecular formula is C9H17N3S. The van der Waals surface area contributed by atoms with Crippen molar-refractivity contribution in [3.63, 3.8) is 0 Å². The molecule has 1 aromatic heterocycles. The van der Waals surface area contributed by atoms with Gasteiger partial charge in [0.15, 0.2) is 0 Å². The van der Waals surface area contributed by atoms with E-state index in [1.165, 1.54) is 24.6 Å². The van der Waals surface area contributed by atoms with Crippen LogP contribution >= 0.6 is 11.7 Å². The normalized spacial score (nSPS) is 13.5. The molecule has 74 valence electrons. The van der Waals surface area contributed by atoms with Crippen LogP contribution in [0.4, 0.5) is 0 Å². The first-order valence-corrected chi connectivity index (χ1v) is 5.46. The zero-order chi connectivity index (χ0) is 9.68. The highest BCUT2D eigenvalue weighted by atomic mass is 32.1. The molecule has 0 saturated carbocycles. The van der Waals surface area contributed by atoms with Crippen LogP contribution in [0.3, 0.4) is 0 Å². The van der Waals surface area contributed by atoms with E-state index < -0.39 is 0 Å². The van der Waals surface area contributed by atoms with Gasteiger partial charge in [-0.05, 0) is 12.3 Å². The Kier molecular flexibility index (Phi) is 4.32. The van der Waals surface area contributed by atoms with Crippen LogP contribution in [0.1, 0.15) is 44.8 Å². The van der Waals surface area contributed by atoms with Crippen LogP contribution in [0.2, 0.25) is 0 Å². The van der Waals surface area contributed by atoms with Crippen molar-refractivity contribution in [2.75, 3.05) is 0 Å². The number of nitrogens with zero attached hydrogens (tertiary/aromatic N) is 2. The molecule has 0 aliphatic carbocycles. The molecule has 0 spiro atoms. The highest BCUT2D eigenvalue weighted by molar-refractivity contribution is 6.99. The lowest BCUT2D eigenvalue weighted by atomic mass is 10.0. The Morgan fingerprint density at radius 3 is 2.77 bits per heavy atom. The average molecular weight is 199 g/mol. The molecule has 2 N–H and O–H groups in total. The first-order valence-electron chi connectivity index (χ1n) is 4.73. The summed E-state index contributed by atoms with van der Waals surface area (Å²) in [6, 6.07) is 0.0810. The van der Waals surface area contributed by atoms with E-state index in [-0.39, 0.29) is 6.04 Å². The minimum atomic E-state index is 0.0810. The van der Waals surface area contributed by atoms with Crippen molar-refractivity contribution in [3.05, 3.63) is 11.9 Å². The van der Waals surface area contributed by atoms with Gasteiger partial charge in [0.05, 0.1) is 23.6 Å². The molecule has 0 aliphatic rings. The van der Waals surface area contributed by atoms with Crippen LogP contribution in [0.5, 0.6) is 0 Å². The molecule has 0 fully saturated rings. The van der Waals surface area contributed by atoms with Gasteiger partial charge >= 0.3 is 0 Å². The predicted molar refractivity (Wildman–Crippen MR) is 55.5 cm³/mol. The fourth-order valence-corrected chi connectivity index (χ4v) is 1.71. The largest absolute Gasteiger partial charge is 0.323 e. The van der Waals surface area contributed by atoms with Gasteiger partial charge in [-0.15, -0.1) is 0 Å². The molecule has 1 atom stereocenters. The van der Waals surface area contributed by atoms with Gasteiger partial charge < -0.3 is 5.73 Å². The van der Waals surface area contributed by atoms with Crippen LogP contribution in [0.15, 0.2) is 6.20 Å². The SMILES string of the molecule is CC(C)CCCC(N)c1cnsn1. The first-order chi connectivity index (χ1) is 6.20. The molecule has 1 rings (SSSR count). The fraction of sp³-hybridized carbons (Fsp3) is 0.778. The van der Waals surface area contributed by atoms with Crippen LogP contribution < -0.4 is 5.73 Å². The van der Waals surface area contributed by atoms with Crippen molar-refractivity contribution in [2.24, 2.45) is 11.7 Å². The van der Waals surface area contributed by atoms with E-state index in [9.17, 15) is 0 Å². The summed E-state index contributed by atoms with van der Waals surface area (Å²) in [4.78, 5) is 0. The summed E-state index contributed by atoms with van der Waals surface area (Å²) >= 11 is 1.23. The van der Waals surface area contributed by atoms with Gasteiger partial charge in [0.25, 0.3) is 0 Å². The molecule has 1 heterocycles. The molecule has 0 bridgehead atoms. The Morgan fingerprint density at radius 1 is 1.46 bits per heavy atom. The quantitative estimate of drug-likeness (QED) is 0.792. The summed E-state index contributed by atoms with van der Waals surface area (Å²) in [6.45, 7) is 4.46. The van der Waals surface area contributed by atoms with Gasteiger partial charge in [-0.2, -0.15) is 8.75 Å². The fourth-order valence-electron chi connectivity index (χ4n) is 1.23. The van der Waals surface area contributed by atoms with E-state index >= 15 is 0 Å². The lowest BCUT2D eigenvalue weighted by Crippen LogP contribution is -2.10. The van der Waals surface area contributed by atoms with E-state index in [4.69, 9.17) is 5.73 Å². The van der Waals surface area contributed by atoms with Crippen molar-refractivity contribution in [3.8, 4) is 0 Å². The molecule has 4 heteroatoms. The van der Waals surface area contributed by atoms with Crippen LogP contribution in [0, 0.1) is 5.92 Å². The Morgan fingerprint density at radius 2 is 2.23 bits per heavy atom. The Hall–Kier alpha value is -0.480. The minimum absolute atomic E-state index is 0.0810. The molecular weight excluding hydrogens is 182 g/mol. The van der Waals surface area contributed by atoms with Gasteiger partial charge in [-0.1, -0.05) is 26.7 Å². The standard InChI is InChI=1S/C9H17N3S/c1-7(2)4-3-5-8(10)9-6-11-13-12-9/h6-8H,3-5,10H2,1-2H3. The average Bonchev–Trinajstić information content (AvgIpc) is 2.55. The van der Waals surface area contributed by atoms with E-state index in [0.717, 1.165) is 18.0 Å². The second-order valence-electron chi connectivity index (χ2n) is 3.76. The molecule has 13 heavy (non-hydrogen) atoms. The minimum Gasteiger partial charge on any atom is -0.323 e. The number of hydrogen-bond acceptors (Lipinski definition) is 4. The lowest BCUT2D eigenvalue weighted by Gasteiger charge is -2.08. The number of rotatable bonds is 5. The maximum Gasteiger partial charge on any atom is 0.0910 e. The molecule has 0 amide bonds. The van der Waals surface area contributed by atoms with Crippen molar-refractivity contribution in [2.45, 2.75) is 39.2 Å². The van der Waals surface area contributed by atoms with Gasteiger partial charge in [0, 0.05) is 6.04 Å². The Bertz CT molecular complexity index is 221. The summed E-state index contributed by atoms with van der Waals surface area (Å²) in [7, 11) is 0. The van der Waals surface area contributed by atoms with Crippen LogP contribution in [0.25, 0.3) is 0 Å². The van der Waals surface area contributed by atoms with Crippen molar-refractivity contribution < 1.29 is 0 Å². The second kappa shape index (κ2) is 5.29. The van der Waals surface area contributed by atoms with E-state index in [1.807, 2.05) is 0 Å². The maximum atomic E-state index is 5.93. The van der Waals surface area contributed by atoms with Crippen molar-refractivity contribution in [1.82, 2.24) is 8.75 Å². The second-order valence-corrected chi connectivity index (χ2v) is 4.32. The molecule has 0 saturated heterocycles. The molecule has 1 aromatic rings. The van der Waals surface area contributed by atoms with Gasteiger partial charge in [0.1, 0.15) is 0 Å². The third-order valence-corrected chi connectivity index (χ3v) is 2.55. The smallest absolute Gasteiger partial charge is 0.0910 e. The summed E-state index contributed by atoms with van der Waals surface area (Å²) in [5, 5.41) is 0. The first kappa shape index (κ1) is 10.6. The number of hydrogen-bond donors (Lipinski definition) is 1. The topological polar surface area (TPSA) is 51.8 Å². The van der Waals surface area contributed by atoms with Crippen LogP contribution in [-0.2, 0) is 0 Å². The van der Waals surface area contributed by atoms with E-state index in [1.54, 1.807) is 6.20 Å². The van der Waals surface area contributed by atoms with Gasteiger partial charge in [-0.3, -0.25) is 0 Å². The third kappa shape index (κ3) is 3.83. The Labute approximate surface area is 83.7 Å². The van der Waals surface area contributed by atoms with Gasteiger partial charge in [-0.25, -0.2) is 0 Å². The zero-order valence-corrected chi connectivity index (χ0v) is 9.05. The number of nitrogens with two attached hydrogens (primary N) is 1. The molecule has 0 radical (unpaired) electrons. The number of aromatic nitrogens is 2. The summed E-state index contributed by atoms with van der Waals surface area (Å²) in [5.74, 6) is 0.765. The summed E-state index contributed by atoms with van der Waals surface area (Å²) < 4.78 is 8.06. The predicted octanol–water partition coefficient (Wildman–Crippen LogP) is 2.36. The zero-order valence-electron chi connectivity index (χ0n) is 8.23. The molecule has 0 aliphatic heterocycles. The van der Waals surface area contributed by atoms with E-state index in [0.29, 0.717) is 0 Å². The van der Waals surface area contributed by atoms with Crippen LogP contribution in [-0.4, -0.2) is 8.75 Å². The lowest BCUT2D eigenvalue weighted by molar-refractivity contribution is 0.502. The maximum absolute atomic E-state index is 5.93. The van der Waals surface area contributed by atoms with Crippen molar-refractivity contribution in [1.29, 1.82) is 0 Å². The monoisotopic (exact) mass is 199 g/mol. The third-order valence-electron chi connectivity index (χ3n) is 2.05. The molecule has 0 aromatic carbocycles. The highest BCUT2D eigenvalue weighted by Gasteiger charge is 2.08. The molecule has 3 nitrogen and oxygen atoms in total.